The second-order valence-corrected chi connectivity index (χ2v) is 11.7. The minimum Gasteiger partial charge on any atom is -0.471 e. The normalized spacial score (nSPS) is 17.2. The van der Waals surface area contributed by atoms with Crippen LogP contribution in [0.3, 0.4) is 0 Å². The van der Waals surface area contributed by atoms with Crippen LogP contribution in [-0.2, 0) is 10.0 Å². The van der Waals surface area contributed by atoms with Gasteiger partial charge < -0.3 is 9.32 Å². The van der Waals surface area contributed by atoms with Crippen LogP contribution >= 0.6 is 23.4 Å². The second-order valence-electron chi connectivity index (χ2n) is 8.26. The predicted molar refractivity (Wildman–Crippen MR) is 128 cm³/mol. The number of aromatic nitrogens is 2. The third-order valence-corrected chi connectivity index (χ3v) is 7.68. The molecule has 2 aromatic heterocycles. The minimum atomic E-state index is -3.71. The van der Waals surface area contributed by atoms with Crippen molar-refractivity contribution in [3.63, 3.8) is 0 Å². The molecule has 3 aromatic rings. The van der Waals surface area contributed by atoms with E-state index in [1.807, 2.05) is 25.1 Å². The van der Waals surface area contributed by atoms with Crippen molar-refractivity contribution in [2.24, 2.45) is 0 Å². The zero-order valence-corrected chi connectivity index (χ0v) is 20.4. The van der Waals surface area contributed by atoms with Gasteiger partial charge in [0.15, 0.2) is 4.83 Å². The Morgan fingerprint density at radius 3 is 2.47 bits per heavy atom. The molecule has 3 heterocycles. The number of nitrogens with one attached hydrogen (secondary N) is 1. The Kier molecular flexibility index (Phi) is 6.00. The van der Waals surface area contributed by atoms with Crippen molar-refractivity contribution in [1.29, 1.82) is 0 Å². The second kappa shape index (κ2) is 8.46. The smallest absolute Gasteiger partial charge is 0.265 e. The number of hydrogen-bond donors (Lipinski definition) is 1. The van der Waals surface area contributed by atoms with Gasteiger partial charge in [-0.1, -0.05) is 35.5 Å². The van der Waals surface area contributed by atoms with E-state index in [0.29, 0.717) is 11.5 Å². The van der Waals surface area contributed by atoms with Crippen molar-refractivity contribution in [2.75, 3.05) is 4.72 Å². The molecule has 1 aliphatic heterocycles. The first kappa shape index (κ1) is 22.7. The van der Waals surface area contributed by atoms with Crippen molar-refractivity contribution >= 4 is 49.7 Å². The number of furan rings is 1. The van der Waals surface area contributed by atoms with E-state index in [9.17, 15) is 8.42 Å². The summed E-state index contributed by atoms with van der Waals surface area (Å²) in [6, 6.07) is 10.5. The highest BCUT2D eigenvalue weighted by atomic mass is 35.5. The molecule has 0 radical (unpaired) electrons. The van der Waals surface area contributed by atoms with E-state index in [1.165, 1.54) is 30.4 Å². The van der Waals surface area contributed by atoms with Crippen LogP contribution in [0.25, 0.3) is 10.6 Å². The zero-order valence-electron chi connectivity index (χ0n) is 18.0. The standard InChI is InChI=1S/C22H23ClN4O3S2/c1-14-24-11-9-18(25-14)20-19(27(21(23)31-20)22(2,3)4)15-5-7-16(8-6-15)26-32(28,29)17-10-12-30-13-17/h5-13,21,26H,1-4H3. The van der Waals surface area contributed by atoms with Gasteiger partial charge in [0.1, 0.15) is 17.0 Å². The van der Waals surface area contributed by atoms with Gasteiger partial charge in [0.25, 0.3) is 10.0 Å². The van der Waals surface area contributed by atoms with Gasteiger partial charge >= 0.3 is 0 Å². The van der Waals surface area contributed by atoms with Crippen molar-refractivity contribution in [2.45, 2.75) is 43.0 Å². The predicted octanol–water partition coefficient (Wildman–Crippen LogP) is 5.37. The maximum Gasteiger partial charge on any atom is 0.265 e. The molecule has 32 heavy (non-hydrogen) atoms. The third kappa shape index (κ3) is 4.51. The van der Waals surface area contributed by atoms with Gasteiger partial charge in [0, 0.05) is 17.4 Å². The molecule has 0 bridgehead atoms. The molecule has 0 amide bonds. The molecule has 10 heteroatoms. The molecule has 0 aliphatic carbocycles. The number of sulfonamides is 1. The largest absolute Gasteiger partial charge is 0.471 e. The van der Waals surface area contributed by atoms with Crippen molar-refractivity contribution in [3.8, 4) is 0 Å². The molecule has 168 valence electrons. The lowest BCUT2D eigenvalue weighted by atomic mass is 10.0. The topological polar surface area (TPSA) is 88.3 Å². The van der Waals surface area contributed by atoms with Crippen LogP contribution in [-0.4, -0.2) is 33.7 Å². The Balaban J connectivity index is 1.75. The van der Waals surface area contributed by atoms with Crippen LogP contribution in [0, 0.1) is 6.92 Å². The number of alkyl halides is 1. The van der Waals surface area contributed by atoms with Crippen molar-refractivity contribution < 1.29 is 12.8 Å². The van der Waals surface area contributed by atoms with Gasteiger partial charge in [-0.25, -0.2) is 18.4 Å². The summed E-state index contributed by atoms with van der Waals surface area (Å²) in [5.41, 5.74) is 2.86. The van der Waals surface area contributed by atoms with E-state index in [-0.39, 0.29) is 15.3 Å². The van der Waals surface area contributed by atoms with Gasteiger partial charge in [-0.05, 0) is 57.5 Å². The van der Waals surface area contributed by atoms with Crippen molar-refractivity contribution in [3.05, 3.63) is 72.2 Å². The van der Waals surface area contributed by atoms with E-state index in [4.69, 9.17) is 16.0 Å². The molecule has 1 aliphatic rings. The highest BCUT2D eigenvalue weighted by molar-refractivity contribution is 8.10. The van der Waals surface area contributed by atoms with E-state index in [1.54, 1.807) is 18.3 Å². The van der Waals surface area contributed by atoms with E-state index < -0.39 is 10.0 Å². The highest BCUT2D eigenvalue weighted by Crippen LogP contribution is 2.52. The first-order valence-corrected chi connectivity index (χ1v) is 12.7. The zero-order chi connectivity index (χ0) is 23.1. The molecular weight excluding hydrogens is 468 g/mol. The summed E-state index contributed by atoms with van der Waals surface area (Å²) in [6.45, 7) is 8.16. The molecule has 0 saturated carbocycles. The lowest BCUT2D eigenvalue weighted by Crippen LogP contribution is -2.41. The number of aryl methyl sites for hydroxylation is 1. The molecule has 7 nitrogen and oxygen atoms in total. The van der Waals surface area contributed by atoms with Crippen LogP contribution in [0.4, 0.5) is 5.69 Å². The van der Waals surface area contributed by atoms with Gasteiger partial charge in [-0.2, -0.15) is 0 Å². The minimum absolute atomic E-state index is 0.0711. The summed E-state index contributed by atoms with van der Waals surface area (Å²) in [5, 5.41) is 0. The Morgan fingerprint density at radius 1 is 1.16 bits per heavy atom. The Hall–Kier alpha value is -2.49. The fourth-order valence-corrected chi connectivity index (χ4v) is 6.33. The highest BCUT2D eigenvalue weighted by Gasteiger charge is 2.39. The molecular formula is C22H23ClN4O3S2. The number of thioether (sulfide) groups is 1. The summed E-state index contributed by atoms with van der Waals surface area (Å²) >= 11 is 8.31. The third-order valence-electron chi connectivity index (χ3n) is 4.82. The molecule has 1 aromatic carbocycles. The van der Waals surface area contributed by atoms with Gasteiger partial charge in [0.05, 0.1) is 22.6 Å². The Morgan fingerprint density at radius 2 is 1.88 bits per heavy atom. The number of hydrogen-bond acceptors (Lipinski definition) is 7. The Labute approximate surface area is 197 Å². The Bertz CT molecular complexity index is 1250. The molecule has 1 N–H and O–H groups in total. The lowest BCUT2D eigenvalue weighted by Gasteiger charge is -2.38. The van der Waals surface area contributed by atoms with Crippen LogP contribution < -0.4 is 4.72 Å². The maximum absolute atomic E-state index is 12.5. The molecule has 0 saturated heterocycles. The van der Waals surface area contributed by atoms with E-state index >= 15 is 0 Å². The summed E-state index contributed by atoms with van der Waals surface area (Å²) in [6.07, 6.45) is 4.25. The maximum atomic E-state index is 12.5. The monoisotopic (exact) mass is 490 g/mol. The number of halogens is 1. The van der Waals surface area contributed by atoms with Crippen LogP contribution in [0.5, 0.6) is 0 Å². The molecule has 1 unspecified atom stereocenters. The van der Waals surface area contributed by atoms with E-state index in [0.717, 1.165) is 21.9 Å². The number of rotatable bonds is 5. The van der Waals surface area contributed by atoms with Crippen LogP contribution in [0.1, 0.15) is 37.9 Å². The van der Waals surface area contributed by atoms with Gasteiger partial charge in [-0.3, -0.25) is 4.72 Å². The fraction of sp³-hybridized carbons (Fsp3) is 0.273. The van der Waals surface area contributed by atoms with Gasteiger partial charge in [0.2, 0.25) is 0 Å². The average Bonchev–Trinajstić information content (AvgIpc) is 3.36. The molecule has 1 atom stereocenters. The summed E-state index contributed by atoms with van der Waals surface area (Å²) in [4.78, 5) is 11.7. The molecule has 4 rings (SSSR count). The summed E-state index contributed by atoms with van der Waals surface area (Å²) < 4.78 is 32.4. The average molecular weight is 491 g/mol. The van der Waals surface area contributed by atoms with Crippen molar-refractivity contribution in [1.82, 2.24) is 14.9 Å². The lowest BCUT2D eigenvalue weighted by molar-refractivity contribution is 0.244. The number of anilines is 1. The molecule has 0 spiro atoms. The van der Waals surface area contributed by atoms with Crippen LogP contribution in [0.2, 0.25) is 0 Å². The van der Waals surface area contributed by atoms with Gasteiger partial charge in [-0.15, -0.1) is 0 Å². The molecule has 0 fully saturated rings. The number of benzene rings is 1. The summed E-state index contributed by atoms with van der Waals surface area (Å²) in [7, 11) is -3.71. The van der Waals surface area contributed by atoms with E-state index in [2.05, 4.69) is 40.4 Å². The first-order valence-electron chi connectivity index (χ1n) is 9.86. The number of nitrogens with zero attached hydrogens (tertiary/aromatic N) is 3. The SMILES string of the molecule is Cc1nccc(C2=C(c3ccc(NS(=O)(=O)c4ccoc4)cc3)N(C(C)(C)C)C(Cl)S2)n1. The first-order chi connectivity index (χ1) is 15.1. The summed E-state index contributed by atoms with van der Waals surface area (Å²) in [5.74, 6) is 0.680. The fourth-order valence-electron chi connectivity index (χ4n) is 3.41. The van der Waals surface area contributed by atoms with Crippen LogP contribution in [0.15, 0.2) is 64.4 Å². The quantitative estimate of drug-likeness (QED) is 0.379.